The molecule has 1 N–H and O–H groups in total. The van der Waals surface area contributed by atoms with Gasteiger partial charge in [-0.05, 0) is 57.3 Å². The molecule has 0 fully saturated rings. The largest absolute Gasteiger partial charge is 0.460 e. The van der Waals surface area contributed by atoms with E-state index in [0.29, 0.717) is 10.8 Å². The van der Waals surface area contributed by atoms with Crippen molar-refractivity contribution in [3.63, 3.8) is 0 Å². The molecule has 0 bridgehead atoms. The zero-order valence-electron chi connectivity index (χ0n) is 21.8. The number of nitrogens with one attached hydrogen (secondary N) is 1. The summed E-state index contributed by atoms with van der Waals surface area (Å²) in [7, 11) is 0. The average molecular weight is 575 g/mol. The Kier molecular flexibility index (Phi) is 9.53. The summed E-state index contributed by atoms with van der Waals surface area (Å²) in [5, 5.41) is 3.73. The van der Waals surface area contributed by atoms with Crippen molar-refractivity contribution in [2.45, 2.75) is 51.8 Å². The Morgan fingerprint density at radius 3 is 2.38 bits per heavy atom. The first-order valence-electron chi connectivity index (χ1n) is 12.0. The number of nitrogens with zero attached hydrogens (tertiary/aromatic N) is 1. The smallest absolute Gasteiger partial charge is 0.340 e. The van der Waals surface area contributed by atoms with Gasteiger partial charge in [0.05, 0.1) is 22.0 Å². The van der Waals surface area contributed by atoms with Crippen molar-refractivity contribution in [2.75, 3.05) is 6.61 Å². The predicted octanol–water partition coefficient (Wildman–Crippen LogP) is 4.51. The normalized spacial score (nSPS) is 12.9. The summed E-state index contributed by atoms with van der Waals surface area (Å²) in [5.41, 5.74) is -1.27. The number of pyridine rings is 1. The van der Waals surface area contributed by atoms with Gasteiger partial charge in [0.25, 0.3) is 5.56 Å². The number of hydrogen-bond donors (Lipinski definition) is 1. The van der Waals surface area contributed by atoms with Crippen LogP contribution in [0.3, 0.4) is 0 Å². The molecule has 0 radical (unpaired) electrons. The predicted molar refractivity (Wildman–Crippen MR) is 147 cm³/mol. The minimum absolute atomic E-state index is 0.0372. The Hall–Kier alpha value is -3.69. The summed E-state index contributed by atoms with van der Waals surface area (Å²) in [6.45, 7) is 5.70. The lowest BCUT2D eigenvalue weighted by Gasteiger charge is -2.24. The number of rotatable bonds is 9. The van der Waals surface area contributed by atoms with Gasteiger partial charge in [-0.15, -0.1) is 0 Å². The van der Waals surface area contributed by atoms with Crippen LogP contribution in [0.15, 0.2) is 59.5 Å². The summed E-state index contributed by atoms with van der Waals surface area (Å²) < 4.78 is 11.6. The van der Waals surface area contributed by atoms with Gasteiger partial charge in [0.2, 0.25) is 5.91 Å². The third kappa shape index (κ3) is 7.68. The van der Waals surface area contributed by atoms with E-state index in [1.165, 1.54) is 35.9 Å². The monoisotopic (exact) mass is 574 g/mol. The molecule has 2 unspecified atom stereocenters. The quantitative estimate of drug-likeness (QED) is 0.373. The number of carbonyl (C=O) groups excluding carboxylic acids is 4. The van der Waals surface area contributed by atoms with Gasteiger partial charge in [-0.25, -0.2) is 4.79 Å². The molecule has 9 nitrogen and oxygen atoms in total. The van der Waals surface area contributed by atoms with Gasteiger partial charge in [0, 0.05) is 11.6 Å². The number of esters is 2. The number of hydrogen-bond acceptors (Lipinski definition) is 7. The van der Waals surface area contributed by atoms with Gasteiger partial charge >= 0.3 is 11.9 Å². The number of halogens is 2. The Bertz CT molecular complexity index is 1480. The van der Waals surface area contributed by atoms with Crippen LogP contribution in [0.5, 0.6) is 0 Å². The van der Waals surface area contributed by atoms with E-state index in [-0.39, 0.29) is 15.6 Å². The van der Waals surface area contributed by atoms with E-state index in [4.69, 9.17) is 32.7 Å². The number of aromatic nitrogens is 1. The first kappa shape index (κ1) is 29.9. The summed E-state index contributed by atoms with van der Waals surface area (Å²) in [6.07, 6.45) is 0.965. The third-order valence-electron chi connectivity index (χ3n) is 5.65. The average Bonchev–Trinajstić information content (AvgIpc) is 2.87. The van der Waals surface area contributed by atoms with Gasteiger partial charge in [-0.2, -0.15) is 0 Å². The number of amides is 1. The number of carbonyl (C=O) groups is 4. The third-order valence-corrected chi connectivity index (χ3v) is 6.47. The molecule has 0 saturated heterocycles. The SMILES string of the molecule is CC(C(=O)NC(CC(=O)OC(C)(C)C)C(=O)COC(=O)c1cccc(Cl)c1Cl)n1ccc2ccccc2c1=O. The van der Waals surface area contributed by atoms with Crippen molar-refractivity contribution in [2.24, 2.45) is 0 Å². The molecule has 0 aliphatic heterocycles. The van der Waals surface area contributed by atoms with Crippen LogP contribution in [0, 0.1) is 0 Å². The van der Waals surface area contributed by atoms with Crippen LogP contribution in [0.2, 0.25) is 10.0 Å². The molecule has 1 aromatic heterocycles. The highest BCUT2D eigenvalue weighted by Gasteiger charge is 2.30. The molecule has 0 spiro atoms. The Morgan fingerprint density at radius 1 is 1.00 bits per heavy atom. The highest BCUT2D eigenvalue weighted by molar-refractivity contribution is 6.43. The number of fused-ring (bicyclic) bond motifs is 1. The van der Waals surface area contributed by atoms with E-state index in [0.717, 1.165) is 0 Å². The number of ether oxygens (including phenoxy) is 2. The fraction of sp³-hybridized carbons (Fsp3) is 0.321. The van der Waals surface area contributed by atoms with Crippen molar-refractivity contribution in [3.05, 3.63) is 80.7 Å². The second-order valence-corrected chi connectivity index (χ2v) is 10.6. The molecule has 3 rings (SSSR count). The molecular formula is C28H28Cl2N2O7. The van der Waals surface area contributed by atoms with E-state index >= 15 is 0 Å². The fourth-order valence-corrected chi connectivity index (χ4v) is 4.08. The van der Waals surface area contributed by atoms with E-state index in [2.05, 4.69) is 5.32 Å². The van der Waals surface area contributed by atoms with Crippen LogP contribution in [-0.4, -0.2) is 46.4 Å². The molecule has 0 aliphatic rings. The van der Waals surface area contributed by atoms with Gasteiger partial charge in [0.1, 0.15) is 17.7 Å². The van der Waals surface area contributed by atoms with Crippen LogP contribution < -0.4 is 10.9 Å². The van der Waals surface area contributed by atoms with Crippen LogP contribution >= 0.6 is 23.2 Å². The van der Waals surface area contributed by atoms with Crippen LogP contribution in [0.4, 0.5) is 0 Å². The maximum atomic E-state index is 13.1. The Morgan fingerprint density at radius 2 is 1.69 bits per heavy atom. The molecule has 2 atom stereocenters. The summed E-state index contributed by atoms with van der Waals surface area (Å²) in [6, 6.07) is 10.6. The topological polar surface area (TPSA) is 121 Å². The maximum Gasteiger partial charge on any atom is 0.340 e. The maximum absolute atomic E-state index is 13.1. The summed E-state index contributed by atoms with van der Waals surface area (Å²) in [5.74, 6) is -3.12. The number of ketones is 1. The molecular weight excluding hydrogens is 547 g/mol. The number of Topliss-reactive ketones (excluding diaryl/α,β-unsaturated/α-hetero) is 1. The molecule has 3 aromatic rings. The van der Waals surface area contributed by atoms with E-state index < -0.39 is 59.9 Å². The molecule has 39 heavy (non-hydrogen) atoms. The Balaban J connectivity index is 1.78. The zero-order chi connectivity index (χ0) is 28.9. The highest BCUT2D eigenvalue weighted by atomic mass is 35.5. The van der Waals surface area contributed by atoms with Gasteiger partial charge in [-0.1, -0.05) is 47.5 Å². The molecule has 1 heterocycles. The lowest BCUT2D eigenvalue weighted by molar-refractivity contribution is -0.156. The van der Waals surface area contributed by atoms with Crippen molar-refractivity contribution < 1.29 is 28.7 Å². The minimum Gasteiger partial charge on any atom is -0.460 e. The lowest BCUT2D eigenvalue weighted by atomic mass is 10.1. The fourth-order valence-electron chi connectivity index (χ4n) is 3.70. The van der Waals surface area contributed by atoms with Gasteiger partial charge in [-0.3, -0.25) is 19.2 Å². The molecule has 1 amide bonds. The molecule has 0 saturated carbocycles. The van der Waals surface area contributed by atoms with Crippen LogP contribution in [0.25, 0.3) is 10.8 Å². The lowest BCUT2D eigenvalue weighted by Crippen LogP contribution is -2.47. The first-order valence-corrected chi connectivity index (χ1v) is 12.8. The van der Waals surface area contributed by atoms with Crippen molar-refractivity contribution in [3.8, 4) is 0 Å². The minimum atomic E-state index is -1.39. The van der Waals surface area contributed by atoms with E-state index in [1.54, 1.807) is 51.1 Å². The van der Waals surface area contributed by atoms with Crippen molar-refractivity contribution in [1.29, 1.82) is 0 Å². The highest BCUT2D eigenvalue weighted by Crippen LogP contribution is 2.26. The standard InChI is InChI=1S/C28H28Cl2N2O7/c1-16(32-13-12-17-8-5-6-9-18(17)26(32)36)25(35)31-21(14-23(34)39-28(2,3)4)22(33)15-38-27(37)19-10-7-11-20(29)24(19)30/h5-13,16,21H,14-15H2,1-4H3,(H,31,35). The molecule has 0 aliphatic carbocycles. The van der Waals surface area contributed by atoms with Crippen molar-refractivity contribution >= 4 is 57.6 Å². The van der Waals surface area contributed by atoms with E-state index in [1.807, 2.05) is 0 Å². The van der Waals surface area contributed by atoms with Crippen LogP contribution in [-0.2, 0) is 23.9 Å². The van der Waals surface area contributed by atoms with Crippen LogP contribution in [0.1, 0.15) is 50.5 Å². The van der Waals surface area contributed by atoms with Gasteiger partial charge in [0.15, 0.2) is 12.4 Å². The second-order valence-electron chi connectivity index (χ2n) is 9.79. The zero-order valence-corrected chi connectivity index (χ0v) is 23.3. The second kappa shape index (κ2) is 12.4. The first-order chi connectivity index (χ1) is 18.3. The van der Waals surface area contributed by atoms with E-state index in [9.17, 15) is 24.0 Å². The molecule has 206 valence electrons. The molecule has 2 aromatic carbocycles. The summed E-state index contributed by atoms with van der Waals surface area (Å²) >= 11 is 12.0. The Labute approximate surface area is 235 Å². The summed E-state index contributed by atoms with van der Waals surface area (Å²) in [4.78, 5) is 64.1. The molecule has 11 heteroatoms. The van der Waals surface area contributed by atoms with Gasteiger partial charge < -0.3 is 19.4 Å². The van der Waals surface area contributed by atoms with Crippen molar-refractivity contribution in [1.82, 2.24) is 9.88 Å². The number of benzene rings is 2.